The Labute approximate surface area is 163 Å². The van der Waals surface area contributed by atoms with Gasteiger partial charge in [-0.3, -0.25) is 20.2 Å². The van der Waals surface area contributed by atoms with Gasteiger partial charge in [0.2, 0.25) is 0 Å². The van der Waals surface area contributed by atoms with Crippen molar-refractivity contribution in [2.24, 2.45) is 0 Å². The minimum absolute atomic E-state index is 0.0497. The molecule has 29 heavy (non-hydrogen) atoms. The number of hydrogen-bond acceptors (Lipinski definition) is 7. The third-order valence-electron chi connectivity index (χ3n) is 3.39. The number of carbonyl (C=O) groups is 3. The lowest BCUT2D eigenvalue weighted by Gasteiger charge is -2.09. The molecule has 0 heterocycles. The van der Waals surface area contributed by atoms with E-state index in [0.717, 1.165) is 18.2 Å². The molecule has 0 aliphatic rings. The third kappa shape index (κ3) is 6.27. The predicted molar refractivity (Wildman–Crippen MR) is 99.1 cm³/mol. The molecule has 0 atom stereocenters. The van der Waals surface area contributed by atoms with Crippen LogP contribution in [0.2, 0.25) is 0 Å². The fraction of sp³-hybridized carbons (Fsp3) is 0.167. The van der Waals surface area contributed by atoms with Crippen molar-refractivity contribution in [3.63, 3.8) is 0 Å². The molecular weight excluding hydrogens is 389 g/mol. The van der Waals surface area contributed by atoms with Crippen LogP contribution in [0, 0.1) is 15.9 Å². The molecule has 0 aliphatic heterocycles. The summed E-state index contributed by atoms with van der Waals surface area (Å²) in [6, 6.07) is 8.35. The molecule has 2 aromatic rings. The second-order valence-corrected chi connectivity index (χ2v) is 5.47. The number of halogens is 1. The molecule has 0 fully saturated rings. The maximum atomic E-state index is 13.7. The van der Waals surface area contributed by atoms with Gasteiger partial charge in [-0.05, 0) is 31.2 Å². The highest BCUT2D eigenvalue weighted by Crippen LogP contribution is 2.21. The zero-order valence-corrected chi connectivity index (χ0v) is 15.1. The Morgan fingerprint density at radius 1 is 1.10 bits per heavy atom. The Kier molecular flexibility index (Phi) is 7.18. The highest BCUT2D eigenvalue weighted by molar-refractivity contribution is 5.96. The molecule has 0 saturated heterocycles. The summed E-state index contributed by atoms with van der Waals surface area (Å²) in [6.07, 6.45) is -0.698. The van der Waals surface area contributed by atoms with Crippen molar-refractivity contribution in [3.05, 3.63) is 64.0 Å². The first-order valence-corrected chi connectivity index (χ1v) is 8.25. The molecule has 152 valence electrons. The van der Waals surface area contributed by atoms with Crippen molar-refractivity contribution in [2.75, 3.05) is 23.8 Å². The predicted octanol–water partition coefficient (Wildman–Crippen LogP) is 3.10. The molecule has 0 spiro atoms. The SMILES string of the molecule is CCOC(=O)Nc1cccc(C(=O)OCC(=O)Nc2cc([N+](=O)[O-])ccc2F)c1. The van der Waals surface area contributed by atoms with Gasteiger partial charge in [0.05, 0.1) is 22.8 Å². The standard InChI is InChI=1S/C18H16FN3O7/c1-2-28-18(25)20-12-5-3-4-11(8-12)17(24)29-10-16(23)21-15-9-13(22(26)27)6-7-14(15)19/h3-9H,2,10H2,1H3,(H,20,25)(H,21,23). The van der Waals surface area contributed by atoms with Gasteiger partial charge in [0.25, 0.3) is 11.6 Å². The van der Waals surface area contributed by atoms with E-state index >= 15 is 0 Å². The number of hydrogen-bond donors (Lipinski definition) is 2. The number of benzene rings is 2. The van der Waals surface area contributed by atoms with Crippen LogP contribution in [0.4, 0.5) is 26.2 Å². The van der Waals surface area contributed by atoms with Crippen LogP contribution in [0.25, 0.3) is 0 Å². The van der Waals surface area contributed by atoms with Crippen LogP contribution in [0.1, 0.15) is 17.3 Å². The zero-order chi connectivity index (χ0) is 21.4. The number of nitrogens with one attached hydrogen (secondary N) is 2. The van der Waals surface area contributed by atoms with E-state index in [2.05, 4.69) is 10.6 Å². The number of carbonyl (C=O) groups excluding carboxylic acids is 3. The normalized spacial score (nSPS) is 10.0. The fourth-order valence-electron chi connectivity index (χ4n) is 2.13. The van der Waals surface area contributed by atoms with Crippen molar-refractivity contribution in [3.8, 4) is 0 Å². The number of nitro benzene ring substituents is 1. The number of nitrogens with zero attached hydrogens (tertiary/aromatic N) is 1. The van der Waals surface area contributed by atoms with E-state index in [9.17, 15) is 28.9 Å². The maximum Gasteiger partial charge on any atom is 0.411 e. The molecule has 0 saturated carbocycles. The quantitative estimate of drug-likeness (QED) is 0.410. The van der Waals surface area contributed by atoms with Crippen molar-refractivity contribution in [2.45, 2.75) is 6.92 Å². The van der Waals surface area contributed by atoms with Gasteiger partial charge in [0.15, 0.2) is 6.61 Å². The Hall–Kier alpha value is -4.02. The number of nitro groups is 1. The summed E-state index contributed by atoms with van der Waals surface area (Å²) in [6.45, 7) is 1.06. The van der Waals surface area contributed by atoms with E-state index in [4.69, 9.17) is 9.47 Å². The van der Waals surface area contributed by atoms with Crippen molar-refractivity contribution in [1.82, 2.24) is 0 Å². The Bertz CT molecular complexity index is 949. The summed E-state index contributed by atoms with van der Waals surface area (Å²) in [5.41, 5.74) is -0.500. The first kappa shape index (κ1) is 21.3. The van der Waals surface area contributed by atoms with Crippen molar-refractivity contribution < 1.29 is 33.2 Å². The van der Waals surface area contributed by atoms with Crippen LogP contribution < -0.4 is 10.6 Å². The molecular formula is C18H16FN3O7. The molecule has 11 heteroatoms. The summed E-state index contributed by atoms with van der Waals surface area (Å²) in [5, 5.41) is 15.2. The van der Waals surface area contributed by atoms with Crippen LogP contribution in [-0.4, -0.2) is 36.1 Å². The van der Waals surface area contributed by atoms with Crippen LogP contribution in [-0.2, 0) is 14.3 Å². The molecule has 0 bridgehead atoms. The Morgan fingerprint density at radius 2 is 1.86 bits per heavy atom. The second-order valence-electron chi connectivity index (χ2n) is 5.47. The lowest BCUT2D eigenvalue weighted by atomic mass is 10.2. The molecule has 2 aromatic carbocycles. The number of anilines is 2. The molecule has 2 N–H and O–H groups in total. The number of ether oxygens (including phenoxy) is 2. The molecule has 2 amide bonds. The second kappa shape index (κ2) is 9.78. The number of rotatable bonds is 7. The molecule has 10 nitrogen and oxygen atoms in total. The van der Waals surface area contributed by atoms with Crippen molar-refractivity contribution >= 4 is 35.0 Å². The lowest BCUT2D eigenvalue weighted by molar-refractivity contribution is -0.384. The average Bonchev–Trinajstić information content (AvgIpc) is 2.68. The first-order chi connectivity index (χ1) is 13.8. The Morgan fingerprint density at radius 3 is 2.55 bits per heavy atom. The molecule has 2 rings (SSSR count). The van der Waals surface area contributed by atoms with E-state index < -0.39 is 46.7 Å². The molecule has 0 aliphatic carbocycles. The van der Waals surface area contributed by atoms with Gasteiger partial charge in [-0.15, -0.1) is 0 Å². The first-order valence-electron chi connectivity index (χ1n) is 8.25. The number of esters is 1. The topological polar surface area (TPSA) is 137 Å². The largest absolute Gasteiger partial charge is 0.452 e. The van der Waals surface area contributed by atoms with E-state index in [1.54, 1.807) is 6.92 Å². The lowest BCUT2D eigenvalue weighted by Crippen LogP contribution is -2.21. The zero-order valence-electron chi connectivity index (χ0n) is 15.1. The van der Waals surface area contributed by atoms with E-state index in [1.807, 2.05) is 0 Å². The summed E-state index contributed by atoms with van der Waals surface area (Å²) in [4.78, 5) is 45.3. The summed E-state index contributed by atoms with van der Waals surface area (Å²) in [7, 11) is 0. The number of non-ortho nitro benzene ring substituents is 1. The van der Waals surface area contributed by atoms with E-state index in [-0.39, 0.29) is 17.9 Å². The minimum atomic E-state index is -0.890. The van der Waals surface area contributed by atoms with Crippen LogP contribution in [0.15, 0.2) is 42.5 Å². The highest BCUT2D eigenvalue weighted by Gasteiger charge is 2.15. The van der Waals surface area contributed by atoms with Gasteiger partial charge in [-0.25, -0.2) is 14.0 Å². The average molecular weight is 405 g/mol. The van der Waals surface area contributed by atoms with E-state index in [1.165, 1.54) is 24.3 Å². The minimum Gasteiger partial charge on any atom is -0.452 e. The van der Waals surface area contributed by atoms with Crippen LogP contribution >= 0.6 is 0 Å². The van der Waals surface area contributed by atoms with Gasteiger partial charge in [0.1, 0.15) is 5.82 Å². The fourth-order valence-corrected chi connectivity index (χ4v) is 2.13. The van der Waals surface area contributed by atoms with E-state index in [0.29, 0.717) is 0 Å². The van der Waals surface area contributed by atoms with Crippen LogP contribution in [0.5, 0.6) is 0 Å². The molecule has 0 aromatic heterocycles. The van der Waals surface area contributed by atoms with Gasteiger partial charge in [0, 0.05) is 17.8 Å². The maximum absolute atomic E-state index is 13.7. The van der Waals surface area contributed by atoms with Gasteiger partial charge in [-0.2, -0.15) is 0 Å². The van der Waals surface area contributed by atoms with Crippen LogP contribution in [0.3, 0.4) is 0 Å². The van der Waals surface area contributed by atoms with Gasteiger partial charge in [-0.1, -0.05) is 6.07 Å². The number of amides is 2. The van der Waals surface area contributed by atoms with Gasteiger partial charge >= 0.3 is 12.1 Å². The highest BCUT2D eigenvalue weighted by atomic mass is 19.1. The Balaban J connectivity index is 1.95. The smallest absolute Gasteiger partial charge is 0.411 e. The molecule has 0 radical (unpaired) electrons. The summed E-state index contributed by atoms with van der Waals surface area (Å²) in [5.74, 6) is -2.64. The summed E-state index contributed by atoms with van der Waals surface area (Å²) >= 11 is 0. The third-order valence-corrected chi connectivity index (χ3v) is 3.39. The monoisotopic (exact) mass is 405 g/mol. The summed E-state index contributed by atoms with van der Waals surface area (Å²) < 4.78 is 23.2. The molecule has 0 unspecified atom stereocenters. The van der Waals surface area contributed by atoms with Gasteiger partial charge < -0.3 is 14.8 Å². The van der Waals surface area contributed by atoms with Crippen molar-refractivity contribution in [1.29, 1.82) is 0 Å².